The molecule has 0 fully saturated rings. The Balaban J connectivity index is 2.48. The molecule has 1 aromatic carbocycles. The van der Waals surface area contributed by atoms with Crippen molar-refractivity contribution in [3.8, 4) is 11.5 Å². The Labute approximate surface area is 110 Å². The highest BCUT2D eigenvalue weighted by molar-refractivity contribution is 7.95. The van der Waals surface area contributed by atoms with Gasteiger partial charge in [0.15, 0.2) is 0 Å². The number of sulfone groups is 1. The van der Waals surface area contributed by atoms with Crippen molar-refractivity contribution in [2.24, 2.45) is 0 Å². The van der Waals surface area contributed by atoms with Crippen LogP contribution >= 0.6 is 0 Å². The van der Waals surface area contributed by atoms with Gasteiger partial charge in [-0.2, -0.15) is 0 Å². The highest BCUT2D eigenvalue weighted by atomic mass is 32.2. The van der Waals surface area contributed by atoms with Crippen molar-refractivity contribution in [2.45, 2.75) is 31.5 Å². The third-order valence-electron chi connectivity index (χ3n) is 2.66. The van der Waals surface area contributed by atoms with Crippen molar-refractivity contribution in [2.75, 3.05) is 0 Å². The van der Waals surface area contributed by atoms with E-state index in [0.717, 1.165) is 11.1 Å². The van der Waals surface area contributed by atoms with Crippen molar-refractivity contribution < 1.29 is 8.42 Å². The summed E-state index contributed by atoms with van der Waals surface area (Å²) in [5.74, 6) is 3.14. The molecule has 1 aliphatic heterocycles. The van der Waals surface area contributed by atoms with E-state index in [0.29, 0.717) is 9.80 Å². The molecule has 94 valence electrons. The van der Waals surface area contributed by atoms with E-state index in [1.807, 2.05) is 6.07 Å². The predicted octanol–water partition coefficient (Wildman–Crippen LogP) is 3.06. The van der Waals surface area contributed by atoms with Crippen LogP contribution in [0.15, 0.2) is 28.0 Å². The van der Waals surface area contributed by atoms with Crippen molar-refractivity contribution in [3.63, 3.8) is 0 Å². The molecule has 1 heterocycles. The summed E-state index contributed by atoms with van der Waals surface area (Å²) < 4.78 is 23.8. The Hall–Kier alpha value is -1.31. The second-order valence-corrected chi connectivity index (χ2v) is 12.4. The summed E-state index contributed by atoms with van der Waals surface area (Å²) in [6.45, 7) is 8.17. The molecule has 0 saturated carbocycles. The third kappa shape index (κ3) is 2.42. The van der Waals surface area contributed by atoms with Crippen LogP contribution in [-0.2, 0) is 9.84 Å². The molecule has 0 atom stereocenters. The molecule has 1 aliphatic rings. The van der Waals surface area contributed by atoms with Crippen molar-refractivity contribution in [1.29, 1.82) is 0 Å². The lowest BCUT2D eigenvalue weighted by atomic mass is 10.1. The number of benzene rings is 1. The minimum atomic E-state index is -3.22. The summed E-state index contributed by atoms with van der Waals surface area (Å²) in [6, 6.07) is 5.30. The Morgan fingerprint density at radius 3 is 2.44 bits per heavy atom. The van der Waals surface area contributed by atoms with Gasteiger partial charge in [0.05, 0.1) is 4.90 Å². The van der Waals surface area contributed by atoms with E-state index in [4.69, 9.17) is 0 Å². The molecule has 0 spiro atoms. The van der Waals surface area contributed by atoms with E-state index < -0.39 is 17.9 Å². The van der Waals surface area contributed by atoms with Gasteiger partial charge >= 0.3 is 0 Å². The van der Waals surface area contributed by atoms with Crippen LogP contribution < -0.4 is 0 Å². The lowest BCUT2D eigenvalue weighted by Gasteiger charge is -2.04. The molecular formula is C14H16O2SSi. The van der Waals surface area contributed by atoms with Crippen LogP contribution in [0.2, 0.25) is 19.6 Å². The molecule has 0 N–H and O–H groups in total. The van der Waals surface area contributed by atoms with E-state index >= 15 is 0 Å². The first kappa shape index (κ1) is 13.1. The van der Waals surface area contributed by atoms with Crippen LogP contribution in [0.4, 0.5) is 0 Å². The smallest absolute Gasteiger partial charge is 0.203 e. The van der Waals surface area contributed by atoms with Crippen LogP contribution in [0.1, 0.15) is 18.1 Å². The molecule has 4 heteroatoms. The number of rotatable bonds is 0. The van der Waals surface area contributed by atoms with Gasteiger partial charge in [-0.15, -0.1) is 5.54 Å². The fraction of sp³-hybridized carbons (Fsp3) is 0.286. The van der Waals surface area contributed by atoms with Crippen molar-refractivity contribution >= 4 is 24.0 Å². The summed E-state index contributed by atoms with van der Waals surface area (Å²) in [4.78, 5) is 0.811. The zero-order valence-electron chi connectivity index (χ0n) is 11.0. The van der Waals surface area contributed by atoms with Crippen LogP contribution in [0.5, 0.6) is 0 Å². The number of fused-ring (bicyclic) bond motifs is 1. The van der Waals surface area contributed by atoms with Gasteiger partial charge in [0.25, 0.3) is 0 Å². The normalized spacial score (nSPS) is 16.6. The van der Waals surface area contributed by atoms with E-state index in [2.05, 4.69) is 31.1 Å². The third-order valence-corrected chi connectivity index (χ3v) is 5.46. The molecule has 0 aromatic heterocycles. The van der Waals surface area contributed by atoms with Gasteiger partial charge in [-0.25, -0.2) is 8.42 Å². The van der Waals surface area contributed by atoms with Crippen molar-refractivity contribution in [3.05, 3.63) is 34.2 Å². The number of hydrogen-bond donors (Lipinski definition) is 0. The highest BCUT2D eigenvalue weighted by Gasteiger charge is 2.26. The Bertz CT molecular complexity index is 696. The van der Waals surface area contributed by atoms with Crippen LogP contribution in [0, 0.1) is 11.5 Å². The van der Waals surface area contributed by atoms with Gasteiger partial charge in [0, 0.05) is 10.5 Å². The minimum Gasteiger partial charge on any atom is -0.219 e. The Morgan fingerprint density at radius 2 is 1.83 bits per heavy atom. The fourth-order valence-corrected chi connectivity index (χ4v) is 3.54. The monoisotopic (exact) mass is 276 g/mol. The standard InChI is InChI=1S/C14H16O2SSi/c1-11-9-13-10-12(7-8-18(2,3)4)5-6-14(13)17(11,15)16/h5-6,9-10H,1-4H3. The molecule has 2 nitrogen and oxygen atoms in total. The number of hydrogen-bond acceptors (Lipinski definition) is 2. The topological polar surface area (TPSA) is 34.1 Å². The number of allylic oxidation sites excluding steroid dienone is 1. The lowest BCUT2D eigenvalue weighted by molar-refractivity contribution is 0.603. The van der Waals surface area contributed by atoms with Gasteiger partial charge in [-0.1, -0.05) is 25.6 Å². The molecule has 0 bridgehead atoms. The maximum Gasteiger partial charge on any atom is 0.203 e. The second kappa shape index (κ2) is 4.11. The largest absolute Gasteiger partial charge is 0.219 e. The first-order valence-corrected chi connectivity index (χ1v) is 10.8. The van der Waals surface area contributed by atoms with Gasteiger partial charge in [-0.05, 0) is 36.8 Å². The lowest BCUT2D eigenvalue weighted by Crippen LogP contribution is -2.16. The first-order valence-electron chi connectivity index (χ1n) is 5.81. The average molecular weight is 276 g/mol. The Morgan fingerprint density at radius 1 is 1.17 bits per heavy atom. The summed E-state index contributed by atoms with van der Waals surface area (Å²) in [6.07, 6.45) is 1.71. The maximum absolute atomic E-state index is 11.9. The van der Waals surface area contributed by atoms with Crippen molar-refractivity contribution in [1.82, 2.24) is 0 Å². The fourth-order valence-electron chi connectivity index (χ4n) is 1.71. The van der Waals surface area contributed by atoms with E-state index in [9.17, 15) is 8.42 Å². The zero-order valence-corrected chi connectivity index (χ0v) is 12.9. The van der Waals surface area contributed by atoms with Gasteiger partial charge in [0.1, 0.15) is 8.07 Å². The average Bonchev–Trinajstić information content (AvgIpc) is 2.46. The molecule has 2 rings (SSSR count). The zero-order chi connectivity index (χ0) is 13.6. The predicted molar refractivity (Wildman–Crippen MR) is 77.5 cm³/mol. The quantitative estimate of drug-likeness (QED) is 0.539. The van der Waals surface area contributed by atoms with E-state index in [1.165, 1.54) is 0 Å². The molecular weight excluding hydrogens is 260 g/mol. The van der Waals surface area contributed by atoms with Gasteiger partial charge in [-0.3, -0.25) is 0 Å². The second-order valence-electron chi connectivity index (χ2n) is 5.51. The van der Waals surface area contributed by atoms with Crippen LogP contribution in [0.3, 0.4) is 0 Å². The molecule has 0 aliphatic carbocycles. The van der Waals surface area contributed by atoms with E-state index in [1.54, 1.807) is 25.1 Å². The first-order chi connectivity index (χ1) is 8.20. The molecule has 0 radical (unpaired) electrons. The summed E-state index contributed by atoms with van der Waals surface area (Å²) in [5.41, 5.74) is 4.93. The SMILES string of the molecule is CC1=Cc2cc(C#C[Si](C)(C)C)ccc2S1(=O)=O. The summed E-state index contributed by atoms with van der Waals surface area (Å²) in [5, 5.41) is 0. The Kier molecular flexibility index (Phi) is 3.00. The molecule has 0 saturated heterocycles. The minimum absolute atomic E-state index is 0.401. The van der Waals surface area contributed by atoms with Crippen LogP contribution in [-0.4, -0.2) is 16.5 Å². The molecule has 18 heavy (non-hydrogen) atoms. The summed E-state index contributed by atoms with van der Waals surface area (Å²) in [7, 11) is -4.62. The van der Waals surface area contributed by atoms with Gasteiger partial charge in [0.2, 0.25) is 9.84 Å². The molecule has 0 amide bonds. The van der Waals surface area contributed by atoms with Gasteiger partial charge < -0.3 is 0 Å². The maximum atomic E-state index is 11.9. The highest BCUT2D eigenvalue weighted by Crippen LogP contribution is 2.32. The van der Waals surface area contributed by atoms with E-state index in [-0.39, 0.29) is 0 Å². The molecule has 0 unspecified atom stereocenters. The van der Waals surface area contributed by atoms with Crippen LogP contribution in [0.25, 0.3) is 6.08 Å². The molecule has 1 aromatic rings. The summed E-state index contributed by atoms with van der Waals surface area (Å²) >= 11 is 0.